The van der Waals surface area contributed by atoms with Gasteiger partial charge in [-0.05, 0) is 37.5 Å². The molecule has 11 nitrogen and oxygen atoms in total. The van der Waals surface area contributed by atoms with Crippen LogP contribution in [-0.4, -0.2) is 81.4 Å². The number of nitrogens with zero attached hydrogens (tertiary/aromatic N) is 3. The number of carbonyl (C=O) groups is 2. The van der Waals surface area contributed by atoms with E-state index in [-0.39, 0.29) is 31.2 Å². The second kappa shape index (κ2) is 13.9. The van der Waals surface area contributed by atoms with E-state index in [1.54, 1.807) is 17.0 Å². The SMILES string of the molecule is COc1cc(C(=O)N(CCCc2ccccc2)Cc2nc(C(=O)NS(=O)(=O)N3CCNCC3)cs2)cc(OC)c1C. The largest absolute Gasteiger partial charge is 0.496 e. The quantitative estimate of drug-likeness (QED) is 0.324. The Labute approximate surface area is 244 Å². The Morgan fingerprint density at radius 2 is 1.76 bits per heavy atom. The highest BCUT2D eigenvalue weighted by Gasteiger charge is 2.27. The Morgan fingerprint density at radius 1 is 1.10 bits per heavy atom. The Bertz CT molecular complexity index is 1430. The summed E-state index contributed by atoms with van der Waals surface area (Å²) in [6.07, 6.45) is 1.48. The van der Waals surface area contributed by atoms with Crippen molar-refractivity contribution in [3.8, 4) is 11.5 Å². The van der Waals surface area contributed by atoms with E-state index in [4.69, 9.17) is 9.47 Å². The van der Waals surface area contributed by atoms with E-state index in [1.165, 1.54) is 35.2 Å². The fourth-order valence-corrected chi connectivity index (χ4v) is 6.45. The molecule has 4 rings (SSSR count). The predicted octanol–water partition coefficient (Wildman–Crippen LogP) is 2.62. The molecule has 1 saturated heterocycles. The summed E-state index contributed by atoms with van der Waals surface area (Å²) in [7, 11) is -0.899. The number of aromatic nitrogens is 1. The molecule has 0 unspecified atom stereocenters. The Morgan fingerprint density at radius 3 is 2.39 bits per heavy atom. The molecule has 220 valence electrons. The lowest BCUT2D eigenvalue weighted by Gasteiger charge is -2.26. The maximum atomic E-state index is 13.8. The van der Waals surface area contributed by atoms with Gasteiger partial charge in [-0.1, -0.05) is 30.3 Å². The summed E-state index contributed by atoms with van der Waals surface area (Å²) in [5.41, 5.74) is 2.34. The summed E-state index contributed by atoms with van der Waals surface area (Å²) >= 11 is 1.19. The third-order valence-corrected chi connectivity index (χ3v) is 9.09. The minimum Gasteiger partial charge on any atom is -0.496 e. The first-order valence-corrected chi connectivity index (χ1v) is 15.6. The second-order valence-electron chi connectivity index (χ2n) is 9.53. The van der Waals surface area contributed by atoms with Crippen molar-refractivity contribution < 1.29 is 27.5 Å². The zero-order valence-electron chi connectivity index (χ0n) is 23.4. The number of carbonyl (C=O) groups excluding carboxylic acids is 2. The number of piperazine rings is 1. The zero-order valence-corrected chi connectivity index (χ0v) is 25.0. The summed E-state index contributed by atoms with van der Waals surface area (Å²) in [5, 5.41) is 5.09. The molecule has 0 atom stereocenters. The maximum Gasteiger partial charge on any atom is 0.304 e. The molecule has 1 aliphatic heterocycles. The van der Waals surface area contributed by atoms with Gasteiger partial charge in [-0.3, -0.25) is 9.59 Å². The predicted molar refractivity (Wildman–Crippen MR) is 157 cm³/mol. The number of aryl methyl sites for hydroxylation is 1. The Hall–Kier alpha value is -3.52. The van der Waals surface area contributed by atoms with Crippen LogP contribution in [0.5, 0.6) is 11.5 Å². The number of ether oxygens (including phenoxy) is 2. The first kappa shape index (κ1) is 30.4. The lowest BCUT2D eigenvalue weighted by Crippen LogP contribution is -2.51. The minimum absolute atomic E-state index is 0.0148. The minimum atomic E-state index is -3.98. The number of methoxy groups -OCH3 is 2. The fraction of sp³-hybridized carbons (Fsp3) is 0.393. The third kappa shape index (κ3) is 7.82. The first-order chi connectivity index (χ1) is 19.7. The molecule has 1 aromatic heterocycles. The van der Waals surface area contributed by atoms with Crippen LogP contribution >= 0.6 is 11.3 Å². The Kier molecular flexibility index (Phi) is 10.3. The number of hydrogen-bond acceptors (Lipinski definition) is 9. The molecule has 13 heteroatoms. The number of amides is 2. The molecule has 2 amide bonds. The smallest absolute Gasteiger partial charge is 0.304 e. The molecule has 0 aliphatic carbocycles. The molecule has 0 spiro atoms. The van der Waals surface area contributed by atoms with Crippen molar-refractivity contribution in [2.24, 2.45) is 0 Å². The van der Waals surface area contributed by atoms with Crippen LogP contribution < -0.4 is 19.5 Å². The van der Waals surface area contributed by atoms with Gasteiger partial charge in [0.05, 0.1) is 20.8 Å². The molecule has 2 N–H and O–H groups in total. The van der Waals surface area contributed by atoms with Crippen molar-refractivity contribution in [1.29, 1.82) is 0 Å². The zero-order chi connectivity index (χ0) is 29.4. The van der Waals surface area contributed by atoms with Crippen LogP contribution in [0.1, 0.15) is 43.4 Å². The summed E-state index contributed by atoms with van der Waals surface area (Å²) in [4.78, 5) is 32.6. The van der Waals surface area contributed by atoms with Crippen molar-refractivity contribution in [2.45, 2.75) is 26.3 Å². The monoisotopic (exact) mass is 601 g/mol. The molecular formula is C28H35N5O6S2. The van der Waals surface area contributed by atoms with Crippen LogP contribution in [0.4, 0.5) is 0 Å². The van der Waals surface area contributed by atoms with Crippen LogP contribution in [0.15, 0.2) is 47.8 Å². The highest BCUT2D eigenvalue weighted by atomic mass is 32.2. The number of thiazole rings is 1. The van der Waals surface area contributed by atoms with Gasteiger partial charge in [0, 0.05) is 49.2 Å². The number of nitrogens with one attached hydrogen (secondary N) is 2. The van der Waals surface area contributed by atoms with E-state index >= 15 is 0 Å². The number of rotatable bonds is 12. The van der Waals surface area contributed by atoms with Crippen LogP contribution in [0.25, 0.3) is 0 Å². The van der Waals surface area contributed by atoms with Crippen molar-refractivity contribution >= 4 is 33.4 Å². The molecule has 41 heavy (non-hydrogen) atoms. The van der Waals surface area contributed by atoms with E-state index in [9.17, 15) is 18.0 Å². The molecule has 3 aromatic rings. The average Bonchev–Trinajstić information content (AvgIpc) is 3.46. The molecule has 2 heterocycles. The van der Waals surface area contributed by atoms with Crippen LogP contribution in [0, 0.1) is 6.92 Å². The third-order valence-electron chi connectivity index (χ3n) is 6.77. The van der Waals surface area contributed by atoms with Crippen molar-refractivity contribution in [3.05, 3.63) is 75.2 Å². The van der Waals surface area contributed by atoms with Crippen molar-refractivity contribution in [2.75, 3.05) is 46.9 Å². The van der Waals surface area contributed by atoms with Crippen LogP contribution in [0.2, 0.25) is 0 Å². The molecule has 0 saturated carbocycles. The highest BCUT2D eigenvalue weighted by molar-refractivity contribution is 7.87. The van der Waals surface area contributed by atoms with Gasteiger partial charge >= 0.3 is 10.2 Å². The Balaban J connectivity index is 1.51. The molecule has 1 fully saturated rings. The van der Waals surface area contributed by atoms with Gasteiger partial charge in [0.2, 0.25) is 0 Å². The molecule has 2 aromatic carbocycles. The van der Waals surface area contributed by atoms with Crippen molar-refractivity contribution in [3.63, 3.8) is 0 Å². The lowest BCUT2D eigenvalue weighted by atomic mass is 10.1. The number of benzene rings is 2. The fourth-order valence-electron chi connectivity index (χ4n) is 4.53. The van der Waals surface area contributed by atoms with Gasteiger partial charge in [0.1, 0.15) is 22.2 Å². The van der Waals surface area contributed by atoms with E-state index < -0.39 is 16.1 Å². The summed E-state index contributed by atoms with van der Waals surface area (Å²) < 4.78 is 39.5. The summed E-state index contributed by atoms with van der Waals surface area (Å²) in [5.74, 6) is 0.0322. The van der Waals surface area contributed by atoms with E-state index in [1.807, 2.05) is 37.3 Å². The molecule has 1 aliphatic rings. The molecule has 0 bridgehead atoms. The van der Waals surface area contributed by atoms with E-state index in [0.29, 0.717) is 48.1 Å². The molecular weight excluding hydrogens is 566 g/mol. The highest BCUT2D eigenvalue weighted by Crippen LogP contribution is 2.30. The van der Waals surface area contributed by atoms with Gasteiger partial charge in [0.15, 0.2) is 0 Å². The van der Waals surface area contributed by atoms with Gasteiger partial charge in [-0.25, -0.2) is 9.71 Å². The van der Waals surface area contributed by atoms with Gasteiger partial charge < -0.3 is 19.7 Å². The van der Waals surface area contributed by atoms with Gasteiger partial charge in [-0.2, -0.15) is 12.7 Å². The first-order valence-electron chi connectivity index (χ1n) is 13.2. The van der Waals surface area contributed by atoms with E-state index in [0.717, 1.165) is 17.5 Å². The standard InChI is InChI=1S/C28H35N5O6S2/c1-20-24(38-2)16-22(17-25(20)39-3)28(35)32(13-7-10-21-8-5-4-6-9-21)18-26-30-23(19-40-26)27(34)31-41(36,37)33-14-11-29-12-15-33/h4-6,8-9,16-17,19,29H,7,10-15,18H2,1-3H3,(H,31,34). The summed E-state index contributed by atoms with van der Waals surface area (Å²) in [6, 6.07) is 13.4. The van der Waals surface area contributed by atoms with E-state index in [2.05, 4.69) is 15.0 Å². The second-order valence-corrected chi connectivity index (χ2v) is 12.1. The lowest BCUT2D eigenvalue weighted by molar-refractivity contribution is 0.0740. The molecule has 0 radical (unpaired) electrons. The average molecular weight is 602 g/mol. The maximum absolute atomic E-state index is 13.8. The van der Waals surface area contributed by atoms with Gasteiger partial charge in [0.25, 0.3) is 11.8 Å². The van der Waals surface area contributed by atoms with Gasteiger partial charge in [-0.15, -0.1) is 11.3 Å². The normalized spacial score (nSPS) is 13.9. The topological polar surface area (TPSA) is 130 Å². The van der Waals surface area contributed by atoms with Crippen molar-refractivity contribution in [1.82, 2.24) is 24.2 Å². The van der Waals surface area contributed by atoms with Crippen LogP contribution in [-0.2, 0) is 23.2 Å². The van der Waals surface area contributed by atoms with Crippen LogP contribution in [0.3, 0.4) is 0 Å². The summed E-state index contributed by atoms with van der Waals surface area (Å²) in [6.45, 7) is 4.03. The number of hydrogen-bond donors (Lipinski definition) is 2.